The van der Waals surface area contributed by atoms with Gasteiger partial charge in [0, 0.05) is 6.42 Å². The number of aliphatic hydroxyl groups is 2. The number of quaternary nitrogens is 1. The lowest BCUT2D eigenvalue weighted by Gasteiger charge is -2.19. The number of hydrogen-bond acceptors (Lipinski definition) is 6. The van der Waals surface area contributed by atoms with Crippen LogP contribution >= 0.6 is 0 Å². The van der Waals surface area contributed by atoms with Gasteiger partial charge in [-0.15, -0.1) is 0 Å². The minimum absolute atomic E-state index is 0. The van der Waals surface area contributed by atoms with Crippen LogP contribution < -0.4 is 6.15 Å². The van der Waals surface area contributed by atoms with Crippen molar-refractivity contribution in [3.8, 4) is 0 Å². The molecule has 0 aliphatic heterocycles. The highest BCUT2D eigenvalue weighted by Gasteiger charge is 2.16. The summed E-state index contributed by atoms with van der Waals surface area (Å²) >= 11 is 0. The number of rotatable bonds is 20. The Bertz CT molecular complexity index is 468. The Morgan fingerprint density at radius 3 is 1.72 bits per heavy atom. The zero-order valence-electron chi connectivity index (χ0n) is 18.6. The molecular formula is C21H45NO6S. The first-order valence-corrected chi connectivity index (χ1v) is 12.3. The van der Waals surface area contributed by atoms with E-state index in [0.29, 0.717) is 12.8 Å². The van der Waals surface area contributed by atoms with Crippen LogP contribution in [0.4, 0.5) is 0 Å². The van der Waals surface area contributed by atoms with Gasteiger partial charge in [-0.2, -0.15) is 0 Å². The summed E-state index contributed by atoms with van der Waals surface area (Å²) in [5.74, 6) is 0. The molecule has 0 aromatic rings. The Morgan fingerprint density at radius 1 is 0.828 bits per heavy atom. The van der Waals surface area contributed by atoms with Crippen molar-refractivity contribution in [3.63, 3.8) is 0 Å². The van der Waals surface area contributed by atoms with Crippen LogP contribution in [0.15, 0.2) is 12.2 Å². The van der Waals surface area contributed by atoms with E-state index < -0.39 is 22.8 Å². The van der Waals surface area contributed by atoms with Gasteiger partial charge in [-0.3, -0.25) is 4.18 Å². The summed E-state index contributed by atoms with van der Waals surface area (Å²) in [5.41, 5.74) is 0. The lowest BCUT2D eigenvalue weighted by molar-refractivity contribution is -0.0672. The molecule has 0 aromatic carbocycles. The minimum Gasteiger partial charge on any atom is -0.726 e. The Balaban J connectivity index is 0. The van der Waals surface area contributed by atoms with Crippen molar-refractivity contribution in [2.75, 3.05) is 0 Å². The third-order valence-electron chi connectivity index (χ3n) is 4.77. The van der Waals surface area contributed by atoms with Crippen LogP contribution in [0.25, 0.3) is 0 Å². The smallest absolute Gasteiger partial charge is 0.217 e. The van der Waals surface area contributed by atoms with Gasteiger partial charge in [-0.1, -0.05) is 83.3 Å². The average molecular weight is 440 g/mol. The Labute approximate surface area is 178 Å². The van der Waals surface area contributed by atoms with E-state index in [1.54, 1.807) is 0 Å². The van der Waals surface area contributed by atoms with Crippen LogP contribution in [-0.4, -0.2) is 35.6 Å². The van der Waals surface area contributed by atoms with Crippen molar-refractivity contribution in [3.05, 3.63) is 12.2 Å². The zero-order chi connectivity index (χ0) is 21.1. The van der Waals surface area contributed by atoms with Gasteiger partial charge in [0.1, 0.15) is 0 Å². The number of allylic oxidation sites excluding steroid dienone is 2. The SMILES string of the molecule is CCCCCCCC/C=C\CCCCCCCCC(CC(O)O)OS(=O)(=O)[O-].[NH4+]. The normalized spacial score (nSPS) is 13.1. The predicted molar refractivity (Wildman–Crippen MR) is 117 cm³/mol. The van der Waals surface area contributed by atoms with E-state index in [9.17, 15) is 13.0 Å². The standard InChI is InChI=1S/C21H42O6S.H3N/c1-2-3-4-5-6-7-8-9-10-11-12-13-14-15-16-17-18-20(19-21(22)23)27-28(24,25)26;/h9-10,20-23H,2-8,11-19H2,1H3,(H,24,25,26);1H3/b10-9-;. The van der Waals surface area contributed by atoms with Gasteiger partial charge in [-0.05, 0) is 32.1 Å². The summed E-state index contributed by atoms with van der Waals surface area (Å²) in [6.07, 6.45) is 18.5. The molecule has 176 valence electrons. The molecule has 29 heavy (non-hydrogen) atoms. The number of unbranched alkanes of at least 4 members (excludes halogenated alkanes) is 12. The fourth-order valence-corrected chi connectivity index (χ4v) is 3.73. The fourth-order valence-electron chi connectivity index (χ4n) is 3.23. The van der Waals surface area contributed by atoms with Gasteiger partial charge in [-0.25, -0.2) is 8.42 Å². The minimum atomic E-state index is -4.82. The van der Waals surface area contributed by atoms with Crippen LogP contribution in [0.5, 0.6) is 0 Å². The summed E-state index contributed by atoms with van der Waals surface area (Å²) in [6, 6.07) is 0. The van der Waals surface area contributed by atoms with E-state index in [4.69, 9.17) is 10.2 Å². The monoisotopic (exact) mass is 439 g/mol. The zero-order valence-corrected chi connectivity index (χ0v) is 19.4. The maximum absolute atomic E-state index is 10.6. The molecule has 0 aliphatic rings. The second kappa shape index (κ2) is 20.8. The van der Waals surface area contributed by atoms with Crippen molar-refractivity contribution in [1.29, 1.82) is 0 Å². The molecule has 0 aromatic heterocycles. The van der Waals surface area contributed by atoms with Gasteiger partial charge in [0.2, 0.25) is 10.4 Å². The molecule has 0 bridgehead atoms. The molecule has 7 nitrogen and oxygen atoms in total. The Hall–Kier alpha value is -0.510. The number of hydrogen-bond donors (Lipinski definition) is 3. The predicted octanol–water partition coefficient (Wildman–Crippen LogP) is 5.34. The van der Waals surface area contributed by atoms with Crippen molar-refractivity contribution < 1.29 is 27.4 Å². The maximum Gasteiger partial charge on any atom is 0.217 e. The summed E-state index contributed by atoms with van der Waals surface area (Å²) in [4.78, 5) is 0. The van der Waals surface area contributed by atoms with Gasteiger partial charge in [0.05, 0.1) is 6.10 Å². The summed E-state index contributed by atoms with van der Waals surface area (Å²) in [7, 11) is -4.82. The third-order valence-corrected chi connectivity index (χ3v) is 5.27. The van der Waals surface area contributed by atoms with E-state index in [2.05, 4.69) is 23.3 Å². The lowest BCUT2D eigenvalue weighted by atomic mass is 10.0. The van der Waals surface area contributed by atoms with Crippen LogP contribution in [0.2, 0.25) is 0 Å². The topological polar surface area (TPSA) is 143 Å². The lowest BCUT2D eigenvalue weighted by Crippen LogP contribution is -2.23. The molecule has 8 heteroatoms. The molecule has 1 unspecified atom stereocenters. The second-order valence-corrected chi connectivity index (χ2v) is 8.58. The number of aliphatic hydroxyl groups excluding tert-OH is 1. The van der Waals surface area contributed by atoms with Gasteiger partial charge < -0.3 is 20.9 Å². The van der Waals surface area contributed by atoms with E-state index >= 15 is 0 Å². The van der Waals surface area contributed by atoms with Crippen molar-refractivity contribution in [2.24, 2.45) is 0 Å². The molecule has 0 spiro atoms. The highest BCUT2D eigenvalue weighted by molar-refractivity contribution is 7.80. The van der Waals surface area contributed by atoms with Crippen molar-refractivity contribution in [2.45, 2.75) is 122 Å². The average Bonchev–Trinajstić information content (AvgIpc) is 2.59. The van der Waals surface area contributed by atoms with Gasteiger partial charge >= 0.3 is 0 Å². The largest absolute Gasteiger partial charge is 0.726 e. The molecule has 0 aliphatic carbocycles. The van der Waals surface area contributed by atoms with Gasteiger partial charge in [0.25, 0.3) is 0 Å². The molecule has 1 atom stereocenters. The Morgan fingerprint density at radius 2 is 1.28 bits per heavy atom. The highest BCUT2D eigenvalue weighted by Crippen LogP contribution is 2.16. The van der Waals surface area contributed by atoms with E-state index in [1.807, 2.05) is 0 Å². The van der Waals surface area contributed by atoms with E-state index in [1.165, 1.54) is 57.8 Å². The molecule has 6 N–H and O–H groups in total. The molecule has 0 fully saturated rings. The first-order valence-electron chi connectivity index (χ1n) is 11.0. The van der Waals surface area contributed by atoms with Crippen molar-refractivity contribution >= 4 is 10.4 Å². The first-order chi connectivity index (χ1) is 13.3. The maximum atomic E-state index is 10.6. The van der Waals surface area contributed by atoms with Gasteiger partial charge in [0.15, 0.2) is 6.29 Å². The van der Waals surface area contributed by atoms with Crippen LogP contribution in [-0.2, 0) is 14.6 Å². The first kappa shape index (κ1) is 30.7. The fraction of sp³-hybridized carbons (Fsp3) is 0.905. The molecule has 0 heterocycles. The van der Waals surface area contributed by atoms with Crippen LogP contribution in [0.3, 0.4) is 0 Å². The van der Waals surface area contributed by atoms with Crippen LogP contribution in [0, 0.1) is 0 Å². The van der Waals surface area contributed by atoms with E-state index in [-0.39, 0.29) is 12.6 Å². The molecule has 0 amide bonds. The molecular weight excluding hydrogens is 394 g/mol. The molecule has 0 saturated carbocycles. The summed E-state index contributed by atoms with van der Waals surface area (Å²) in [6.45, 7) is 2.24. The second-order valence-electron chi connectivity index (χ2n) is 7.57. The van der Waals surface area contributed by atoms with Crippen LogP contribution in [0.1, 0.15) is 110 Å². The highest BCUT2D eigenvalue weighted by atomic mass is 32.3. The Kier molecular flexibility index (Phi) is 22.0. The summed E-state index contributed by atoms with van der Waals surface area (Å²) in [5, 5.41) is 17.9. The third kappa shape index (κ3) is 25.5. The summed E-state index contributed by atoms with van der Waals surface area (Å²) < 4.78 is 36.3. The molecule has 0 rings (SSSR count). The van der Waals surface area contributed by atoms with Crippen molar-refractivity contribution in [1.82, 2.24) is 6.15 Å². The van der Waals surface area contributed by atoms with E-state index in [0.717, 1.165) is 25.7 Å². The quantitative estimate of drug-likeness (QED) is 0.0768. The molecule has 0 radical (unpaired) electrons. The molecule has 0 saturated heterocycles.